The summed E-state index contributed by atoms with van der Waals surface area (Å²) >= 11 is 0. The van der Waals surface area contributed by atoms with Crippen LogP contribution in [0, 0.1) is 0 Å². The molecule has 2 rings (SSSR count). The highest BCUT2D eigenvalue weighted by atomic mass is 16.5. The third-order valence-corrected chi connectivity index (χ3v) is 3.73. The molecule has 0 fully saturated rings. The smallest absolute Gasteiger partial charge is 0.335 e. The van der Waals surface area contributed by atoms with Crippen LogP contribution < -0.4 is 10.1 Å². The van der Waals surface area contributed by atoms with E-state index in [1.807, 2.05) is 45.0 Å². The van der Waals surface area contributed by atoms with Crippen LogP contribution in [-0.4, -0.2) is 23.1 Å². The van der Waals surface area contributed by atoms with Crippen LogP contribution in [-0.2, 0) is 11.2 Å². The number of carbonyl (C=O) groups is 2. The van der Waals surface area contributed by atoms with Gasteiger partial charge in [-0.15, -0.1) is 0 Å². The highest BCUT2D eigenvalue weighted by Crippen LogP contribution is 2.19. The maximum absolute atomic E-state index is 12.3. The average molecular weight is 341 g/mol. The summed E-state index contributed by atoms with van der Waals surface area (Å²) in [5.74, 6) is -0.464. The van der Waals surface area contributed by atoms with Crippen LogP contribution >= 0.6 is 0 Å². The second kappa shape index (κ2) is 8.33. The van der Waals surface area contributed by atoms with E-state index in [9.17, 15) is 14.7 Å². The van der Waals surface area contributed by atoms with Crippen LogP contribution in [0.2, 0.25) is 0 Å². The molecule has 0 saturated heterocycles. The molecule has 2 N–H and O–H groups in total. The van der Waals surface area contributed by atoms with Gasteiger partial charge in [-0.3, -0.25) is 4.79 Å². The Morgan fingerprint density at radius 2 is 1.68 bits per heavy atom. The fourth-order valence-corrected chi connectivity index (χ4v) is 2.54. The zero-order valence-corrected chi connectivity index (χ0v) is 14.7. The van der Waals surface area contributed by atoms with E-state index < -0.39 is 5.97 Å². The Bertz CT molecular complexity index is 738. The van der Waals surface area contributed by atoms with Gasteiger partial charge in [-0.1, -0.05) is 30.3 Å². The van der Waals surface area contributed by atoms with E-state index in [1.165, 1.54) is 6.07 Å². The van der Waals surface area contributed by atoms with E-state index >= 15 is 0 Å². The van der Waals surface area contributed by atoms with Crippen molar-refractivity contribution >= 4 is 11.9 Å². The SMILES string of the molecule is CC(C)Oc1ccc(C(C)NC(=O)Cc2ccccc2C(=O)O)cc1. The number of nitrogens with one attached hydrogen (secondary N) is 1. The number of rotatable bonds is 7. The van der Waals surface area contributed by atoms with Gasteiger partial charge in [0.15, 0.2) is 0 Å². The highest BCUT2D eigenvalue weighted by Gasteiger charge is 2.15. The Morgan fingerprint density at radius 3 is 2.28 bits per heavy atom. The Morgan fingerprint density at radius 1 is 1.04 bits per heavy atom. The van der Waals surface area contributed by atoms with E-state index in [0.29, 0.717) is 5.56 Å². The lowest BCUT2D eigenvalue weighted by atomic mass is 10.0. The van der Waals surface area contributed by atoms with E-state index in [0.717, 1.165) is 11.3 Å². The molecule has 0 aliphatic rings. The molecule has 132 valence electrons. The topological polar surface area (TPSA) is 75.6 Å². The van der Waals surface area contributed by atoms with Crippen molar-refractivity contribution in [1.82, 2.24) is 5.32 Å². The van der Waals surface area contributed by atoms with Crippen molar-refractivity contribution in [3.63, 3.8) is 0 Å². The Labute approximate surface area is 147 Å². The molecule has 0 saturated carbocycles. The number of carboxylic acid groups (broad SMARTS) is 1. The molecular weight excluding hydrogens is 318 g/mol. The first-order valence-corrected chi connectivity index (χ1v) is 8.24. The van der Waals surface area contributed by atoms with E-state index in [1.54, 1.807) is 18.2 Å². The van der Waals surface area contributed by atoms with Crippen LogP contribution in [0.3, 0.4) is 0 Å². The first-order chi connectivity index (χ1) is 11.9. The second-order valence-electron chi connectivity index (χ2n) is 6.16. The molecule has 0 bridgehead atoms. The minimum atomic E-state index is -1.03. The zero-order chi connectivity index (χ0) is 18.4. The van der Waals surface area contributed by atoms with Gasteiger partial charge in [0.25, 0.3) is 0 Å². The number of aromatic carboxylic acids is 1. The van der Waals surface area contributed by atoms with Crippen LogP contribution in [0.15, 0.2) is 48.5 Å². The molecule has 5 heteroatoms. The summed E-state index contributed by atoms with van der Waals surface area (Å²) in [6.07, 6.45) is 0.138. The van der Waals surface area contributed by atoms with Gasteiger partial charge >= 0.3 is 5.97 Å². The molecular formula is C20H23NO4. The van der Waals surface area contributed by atoms with E-state index in [-0.39, 0.29) is 30.0 Å². The van der Waals surface area contributed by atoms with Crippen molar-refractivity contribution in [3.05, 3.63) is 65.2 Å². The summed E-state index contributed by atoms with van der Waals surface area (Å²) in [5.41, 5.74) is 1.61. The fourth-order valence-electron chi connectivity index (χ4n) is 2.54. The molecule has 1 atom stereocenters. The number of ether oxygens (including phenoxy) is 1. The molecule has 25 heavy (non-hydrogen) atoms. The number of amides is 1. The Hall–Kier alpha value is -2.82. The normalized spacial score (nSPS) is 11.8. The largest absolute Gasteiger partial charge is 0.491 e. The molecule has 5 nitrogen and oxygen atoms in total. The van der Waals surface area contributed by atoms with Gasteiger partial charge in [0, 0.05) is 0 Å². The second-order valence-corrected chi connectivity index (χ2v) is 6.16. The highest BCUT2D eigenvalue weighted by molar-refractivity contribution is 5.91. The summed E-state index contributed by atoms with van der Waals surface area (Å²) in [5, 5.41) is 12.1. The van der Waals surface area contributed by atoms with Crippen molar-refractivity contribution in [2.24, 2.45) is 0 Å². The lowest BCUT2D eigenvalue weighted by molar-refractivity contribution is -0.121. The molecule has 0 aliphatic heterocycles. The van der Waals surface area contributed by atoms with Gasteiger partial charge in [-0.2, -0.15) is 0 Å². The molecule has 0 aliphatic carbocycles. The maximum Gasteiger partial charge on any atom is 0.335 e. The molecule has 0 heterocycles. The van der Waals surface area contributed by atoms with Gasteiger partial charge in [-0.05, 0) is 50.1 Å². The van der Waals surface area contributed by atoms with Crippen molar-refractivity contribution in [2.45, 2.75) is 39.3 Å². The molecule has 2 aromatic carbocycles. The van der Waals surface area contributed by atoms with Crippen LogP contribution in [0.4, 0.5) is 0 Å². The molecule has 1 amide bonds. The quantitative estimate of drug-likeness (QED) is 0.807. The summed E-state index contributed by atoms with van der Waals surface area (Å²) in [4.78, 5) is 23.5. The Balaban J connectivity index is 1.99. The standard InChI is InChI=1S/C20H23NO4/c1-13(2)25-17-10-8-15(9-11-17)14(3)21-19(22)12-16-6-4-5-7-18(16)20(23)24/h4-11,13-14H,12H2,1-3H3,(H,21,22)(H,23,24). The van der Waals surface area contributed by atoms with Crippen molar-refractivity contribution in [2.75, 3.05) is 0 Å². The number of carboxylic acids is 1. The predicted octanol–water partition coefficient (Wildman–Crippen LogP) is 3.59. The molecule has 2 aromatic rings. The average Bonchev–Trinajstić information content (AvgIpc) is 2.55. The van der Waals surface area contributed by atoms with Gasteiger partial charge in [-0.25, -0.2) is 4.79 Å². The molecule has 0 spiro atoms. The monoisotopic (exact) mass is 341 g/mol. The van der Waals surface area contributed by atoms with Crippen molar-refractivity contribution in [3.8, 4) is 5.75 Å². The van der Waals surface area contributed by atoms with Crippen molar-refractivity contribution < 1.29 is 19.4 Å². The number of benzene rings is 2. The van der Waals surface area contributed by atoms with Crippen molar-refractivity contribution in [1.29, 1.82) is 0 Å². The van der Waals surface area contributed by atoms with Gasteiger partial charge < -0.3 is 15.2 Å². The zero-order valence-electron chi connectivity index (χ0n) is 14.7. The molecule has 0 aromatic heterocycles. The van der Waals surface area contributed by atoms with Gasteiger partial charge in [0.2, 0.25) is 5.91 Å². The van der Waals surface area contributed by atoms with Crippen LogP contribution in [0.1, 0.15) is 48.3 Å². The molecule has 0 radical (unpaired) electrons. The maximum atomic E-state index is 12.3. The summed E-state index contributed by atoms with van der Waals surface area (Å²) < 4.78 is 5.60. The molecule has 1 unspecified atom stereocenters. The lowest BCUT2D eigenvalue weighted by Gasteiger charge is -2.16. The third-order valence-electron chi connectivity index (χ3n) is 3.73. The van der Waals surface area contributed by atoms with Crippen LogP contribution in [0.25, 0.3) is 0 Å². The number of hydrogen-bond donors (Lipinski definition) is 2. The minimum Gasteiger partial charge on any atom is -0.491 e. The Kier molecular flexibility index (Phi) is 6.17. The first-order valence-electron chi connectivity index (χ1n) is 8.24. The third kappa shape index (κ3) is 5.35. The van der Waals surface area contributed by atoms with Crippen LogP contribution in [0.5, 0.6) is 5.75 Å². The number of carbonyl (C=O) groups excluding carboxylic acids is 1. The first kappa shape index (κ1) is 18.5. The summed E-state index contributed by atoms with van der Waals surface area (Å²) in [6, 6.07) is 13.9. The summed E-state index contributed by atoms with van der Waals surface area (Å²) in [7, 11) is 0. The number of hydrogen-bond acceptors (Lipinski definition) is 3. The van der Waals surface area contributed by atoms with E-state index in [2.05, 4.69) is 5.32 Å². The van der Waals surface area contributed by atoms with E-state index in [4.69, 9.17) is 4.74 Å². The predicted molar refractivity (Wildman–Crippen MR) is 95.9 cm³/mol. The minimum absolute atomic E-state index is 0.0291. The lowest BCUT2D eigenvalue weighted by Crippen LogP contribution is -2.28. The summed E-state index contributed by atoms with van der Waals surface area (Å²) in [6.45, 7) is 5.82. The fraction of sp³-hybridized carbons (Fsp3) is 0.300. The van der Waals surface area contributed by atoms with Gasteiger partial charge in [0.05, 0.1) is 24.1 Å². The van der Waals surface area contributed by atoms with Gasteiger partial charge in [0.1, 0.15) is 5.75 Å².